The molecule has 0 bridgehead atoms. The number of nitrogens with one attached hydrogen (secondary N) is 2. The number of hydrogen-bond acceptors (Lipinski definition) is 6. The third-order valence-electron chi connectivity index (χ3n) is 3.61. The maximum atomic E-state index is 12.1. The summed E-state index contributed by atoms with van der Waals surface area (Å²) in [5, 5.41) is 27.9. The van der Waals surface area contributed by atoms with Crippen molar-refractivity contribution < 1.29 is 14.9 Å². The lowest BCUT2D eigenvalue weighted by atomic mass is 10.1. The summed E-state index contributed by atoms with van der Waals surface area (Å²) in [6, 6.07) is 9.20. The SMILES string of the molecule is O=C(NO)c1cc(-n2cccn2)c([N+](=O)[O-])cc1Nc1ccc(I)cc1Cl. The fourth-order valence-corrected chi connectivity index (χ4v) is 3.31. The zero-order valence-corrected chi connectivity index (χ0v) is 16.3. The molecule has 0 atom stereocenters. The highest BCUT2D eigenvalue weighted by Gasteiger charge is 2.23. The Morgan fingerprint density at radius 3 is 2.67 bits per heavy atom. The molecule has 0 aliphatic rings. The average molecular weight is 500 g/mol. The van der Waals surface area contributed by atoms with Gasteiger partial charge in [-0.05, 0) is 52.9 Å². The molecule has 0 spiro atoms. The monoisotopic (exact) mass is 499 g/mol. The summed E-state index contributed by atoms with van der Waals surface area (Å²) >= 11 is 8.29. The van der Waals surface area contributed by atoms with Gasteiger partial charge in [0, 0.05) is 22.0 Å². The molecule has 1 aromatic heterocycles. The van der Waals surface area contributed by atoms with Crippen LogP contribution >= 0.6 is 34.2 Å². The molecule has 0 aliphatic heterocycles. The minimum Gasteiger partial charge on any atom is -0.353 e. The van der Waals surface area contributed by atoms with Gasteiger partial charge >= 0.3 is 0 Å². The predicted octanol–water partition coefficient (Wildman–Crippen LogP) is 3.90. The highest BCUT2D eigenvalue weighted by Crippen LogP contribution is 2.34. The van der Waals surface area contributed by atoms with Crippen molar-refractivity contribution in [1.29, 1.82) is 0 Å². The Hall–Kier alpha value is -2.70. The fourth-order valence-electron chi connectivity index (χ4n) is 2.41. The molecular weight excluding hydrogens is 489 g/mol. The van der Waals surface area contributed by atoms with Crippen LogP contribution in [0.1, 0.15) is 10.4 Å². The second-order valence-corrected chi connectivity index (χ2v) is 6.94. The molecule has 1 heterocycles. The van der Waals surface area contributed by atoms with Crippen molar-refractivity contribution in [3.8, 4) is 5.69 Å². The molecule has 3 N–H and O–H groups in total. The van der Waals surface area contributed by atoms with Gasteiger partial charge in [-0.25, -0.2) is 10.2 Å². The molecule has 0 radical (unpaired) electrons. The van der Waals surface area contributed by atoms with E-state index >= 15 is 0 Å². The fraction of sp³-hybridized carbons (Fsp3) is 0. The van der Waals surface area contributed by atoms with Gasteiger partial charge in [0.05, 0.1) is 26.9 Å². The number of nitro groups is 1. The highest BCUT2D eigenvalue weighted by molar-refractivity contribution is 14.1. The molecule has 9 nitrogen and oxygen atoms in total. The normalized spacial score (nSPS) is 10.5. The van der Waals surface area contributed by atoms with Gasteiger partial charge in [0.25, 0.3) is 11.6 Å². The summed E-state index contributed by atoms with van der Waals surface area (Å²) < 4.78 is 2.16. The molecule has 3 rings (SSSR count). The van der Waals surface area contributed by atoms with E-state index in [1.807, 2.05) is 0 Å². The lowest BCUT2D eigenvalue weighted by Crippen LogP contribution is -2.20. The third-order valence-corrected chi connectivity index (χ3v) is 4.59. The Morgan fingerprint density at radius 2 is 2.07 bits per heavy atom. The molecule has 138 valence electrons. The van der Waals surface area contributed by atoms with Crippen LogP contribution in [0.15, 0.2) is 48.8 Å². The first-order valence-electron chi connectivity index (χ1n) is 7.39. The lowest BCUT2D eigenvalue weighted by molar-refractivity contribution is -0.384. The third kappa shape index (κ3) is 4.02. The Bertz CT molecular complexity index is 1030. The number of amides is 1. The number of nitrogens with zero attached hydrogens (tertiary/aromatic N) is 3. The Labute approximate surface area is 171 Å². The van der Waals surface area contributed by atoms with E-state index in [4.69, 9.17) is 16.8 Å². The molecule has 0 saturated heterocycles. The van der Waals surface area contributed by atoms with Crippen LogP contribution in [-0.4, -0.2) is 25.8 Å². The molecule has 27 heavy (non-hydrogen) atoms. The molecule has 2 aromatic carbocycles. The second kappa shape index (κ2) is 7.90. The number of benzene rings is 2. The summed E-state index contributed by atoms with van der Waals surface area (Å²) in [7, 11) is 0. The maximum Gasteiger partial charge on any atom is 0.296 e. The molecule has 0 aliphatic carbocycles. The quantitative estimate of drug-likeness (QED) is 0.212. The number of carbonyl (C=O) groups is 1. The standard InChI is InChI=1S/C16H11ClIN5O4/c17-11-6-9(18)2-3-12(11)20-13-8-15(23(26)27)14(22-5-1-4-19-22)7-10(13)16(24)21-25/h1-8,20,25H,(H,21,24). The van der Waals surface area contributed by atoms with Crippen LogP contribution in [0.3, 0.4) is 0 Å². The van der Waals surface area contributed by atoms with E-state index in [2.05, 4.69) is 33.0 Å². The van der Waals surface area contributed by atoms with E-state index in [0.717, 1.165) is 3.57 Å². The average Bonchev–Trinajstić information content (AvgIpc) is 3.17. The number of anilines is 2. The minimum atomic E-state index is -0.845. The van der Waals surface area contributed by atoms with Gasteiger partial charge in [-0.15, -0.1) is 0 Å². The van der Waals surface area contributed by atoms with Crippen molar-refractivity contribution in [3.63, 3.8) is 0 Å². The molecule has 0 unspecified atom stereocenters. The summed E-state index contributed by atoms with van der Waals surface area (Å²) in [5.74, 6) is -0.845. The van der Waals surface area contributed by atoms with Crippen LogP contribution in [0.25, 0.3) is 5.69 Å². The zero-order chi connectivity index (χ0) is 19.6. The predicted molar refractivity (Wildman–Crippen MR) is 107 cm³/mol. The molecule has 1 amide bonds. The van der Waals surface area contributed by atoms with Crippen LogP contribution in [0.4, 0.5) is 17.1 Å². The maximum absolute atomic E-state index is 12.1. The number of carbonyl (C=O) groups excluding carboxylic acids is 1. The number of nitro benzene ring substituents is 1. The number of hydroxylamine groups is 1. The van der Waals surface area contributed by atoms with E-state index in [1.54, 1.807) is 24.3 Å². The number of halogens is 2. The molecule has 11 heteroatoms. The minimum absolute atomic E-state index is 0.0248. The summed E-state index contributed by atoms with van der Waals surface area (Å²) in [4.78, 5) is 23.1. The smallest absolute Gasteiger partial charge is 0.296 e. The van der Waals surface area contributed by atoms with E-state index in [9.17, 15) is 14.9 Å². The van der Waals surface area contributed by atoms with E-state index in [1.165, 1.54) is 34.7 Å². The van der Waals surface area contributed by atoms with Gasteiger partial charge in [0.1, 0.15) is 5.69 Å². The van der Waals surface area contributed by atoms with Gasteiger partial charge in [0.15, 0.2) is 0 Å². The number of rotatable bonds is 5. The van der Waals surface area contributed by atoms with Crippen molar-refractivity contribution >= 4 is 57.2 Å². The topological polar surface area (TPSA) is 122 Å². The Balaban J connectivity index is 2.18. The number of hydrogen-bond donors (Lipinski definition) is 3. The number of aromatic nitrogens is 2. The molecular formula is C16H11ClIN5O4. The van der Waals surface area contributed by atoms with Crippen LogP contribution in [0.2, 0.25) is 5.02 Å². The first kappa shape index (κ1) is 19.1. The summed E-state index contributed by atoms with van der Waals surface area (Å²) in [5.41, 5.74) is 1.86. The first-order valence-corrected chi connectivity index (χ1v) is 8.85. The van der Waals surface area contributed by atoms with Crippen LogP contribution in [0, 0.1) is 13.7 Å². The van der Waals surface area contributed by atoms with Crippen molar-refractivity contribution in [2.45, 2.75) is 0 Å². The highest BCUT2D eigenvalue weighted by atomic mass is 127. The first-order chi connectivity index (χ1) is 12.9. The molecule has 0 fully saturated rings. The largest absolute Gasteiger partial charge is 0.353 e. The van der Waals surface area contributed by atoms with Gasteiger partial charge in [-0.2, -0.15) is 5.10 Å². The van der Waals surface area contributed by atoms with Gasteiger partial charge in [-0.1, -0.05) is 11.6 Å². The van der Waals surface area contributed by atoms with Crippen molar-refractivity contribution in [2.75, 3.05) is 5.32 Å². The Morgan fingerprint density at radius 1 is 1.30 bits per heavy atom. The summed E-state index contributed by atoms with van der Waals surface area (Å²) in [6.45, 7) is 0. The van der Waals surface area contributed by atoms with Crippen molar-refractivity contribution in [2.24, 2.45) is 0 Å². The van der Waals surface area contributed by atoms with Crippen LogP contribution in [-0.2, 0) is 0 Å². The van der Waals surface area contributed by atoms with Gasteiger partial charge in [0.2, 0.25) is 0 Å². The van der Waals surface area contributed by atoms with Crippen LogP contribution < -0.4 is 10.8 Å². The van der Waals surface area contributed by atoms with Crippen molar-refractivity contribution in [1.82, 2.24) is 15.3 Å². The van der Waals surface area contributed by atoms with E-state index < -0.39 is 10.8 Å². The zero-order valence-electron chi connectivity index (χ0n) is 13.4. The summed E-state index contributed by atoms with van der Waals surface area (Å²) in [6.07, 6.45) is 2.96. The van der Waals surface area contributed by atoms with E-state index in [-0.39, 0.29) is 22.6 Å². The molecule has 3 aromatic rings. The lowest BCUT2D eigenvalue weighted by Gasteiger charge is -2.14. The van der Waals surface area contributed by atoms with Gasteiger partial charge < -0.3 is 5.32 Å². The van der Waals surface area contributed by atoms with Crippen LogP contribution in [0.5, 0.6) is 0 Å². The Kier molecular flexibility index (Phi) is 5.58. The van der Waals surface area contributed by atoms with Crippen molar-refractivity contribution in [3.05, 3.63) is 73.1 Å². The second-order valence-electron chi connectivity index (χ2n) is 5.28. The molecule has 0 saturated carbocycles. The van der Waals surface area contributed by atoms with E-state index in [0.29, 0.717) is 10.7 Å². The van der Waals surface area contributed by atoms with Gasteiger partial charge in [-0.3, -0.25) is 20.1 Å².